The van der Waals surface area contributed by atoms with Crippen LogP contribution in [0.5, 0.6) is 5.75 Å². The summed E-state index contributed by atoms with van der Waals surface area (Å²) in [6.45, 7) is 5.88. The fourth-order valence-corrected chi connectivity index (χ4v) is 2.73. The lowest BCUT2D eigenvalue weighted by molar-refractivity contribution is -0.137. The fraction of sp³-hybridized carbons (Fsp3) is 0.250. The van der Waals surface area contributed by atoms with Crippen LogP contribution in [0.25, 0.3) is 6.08 Å². The third-order valence-electron chi connectivity index (χ3n) is 3.24. The van der Waals surface area contributed by atoms with E-state index in [4.69, 9.17) is 44.3 Å². The van der Waals surface area contributed by atoms with Gasteiger partial charge in [-0.15, -0.1) is 0 Å². The normalized spacial score (nSPS) is 12.9. The first kappa shape index (κ1) is 22.4. The van der Waals surface area contributed by atoms with E-state index in [1.165, 1.54) is 13.2 Å². The molecule has 1 aromatic rings. The highest BCUT2D eigenvalue weighted by Gasteiger charge is 2.13. The van der Waals surface area contributed by atoms with Gasteiger partial charge in [0.15, 0.2) is 0 Å². The molecule has 0 saturated carbocycles. The molecule has 0 aliphatic heterocycles. The van der Waals surface area contributed by atoms with Crippen molar-refractivity contribution in [1.82, 2.24) is 0 Å². The van der Waals surface area contributed by atoms with Crippen LogP contribution >= 0.6 is 34.8 Å². The maximum Gasteiger partial charge on any atom is 0.330 e. The summed E-state index contributed by atoms with van der Waals surface area (Å²) in [5.74, 6) is 0.0776. The summed E-state index contributed by atoms with van der Waals surface area (Å²) >= 11 is 18.6. The molecule has 0 N–H and O–H groups in total. The molecular formula is C20H21Cl3O3. The van der Waals surface area contributed by atoms with Crippen LogP contribution in [0, 0.1) is 0 Å². The number of hydrogen-bond acceptors (Lipinski definition) is 3. The molecule has 140 valence electrons. The third kappa shape index (κ3) is 6.91. The molecule has 0 radical (unpaired) electrons. The Labute approximate surface area is 169 Å². The van der Waals surface area contributed by atoms with Crippen molar-refractivity contribution < 1.29 is 14.3 Å². The van der Waals surface area contributed by atoms with Crippen LogP contribution in [0.15, 0.2) is 47.6 Å². The van der Waals surface area contributed by atoms with Gasteiger partial charge in [0.2, 0.25) is 0 Å². The van der Waals surface area contributed by atoms with Gasteiger partial charge in [0, 0.05) is 17.7 Å². The SMILES string of the molecule is CCOC(=O)\C=C(C)/C=C\C=C(C)/C=C\c1c(Cl)cc(OC)c(Cl)c1Cl. The average molecular weight is 416 g/mol. The molecule has 0 saturated heterocycles. The molecule has 0 atom stereocenters. The summed E-state index contributed by atoms with van der Waals surface area (Å²) < 4.78 is 9.98. The minimum Gasteiger partial charge on any atom is -0.495 e. The van der Waals surface area contributed by atoms with Crippen LogP contribution in [0.4, 0.5) is 0 Å². The van der Waals surface area contributed by atoms with Gasteiger partial charge in [-0.05, 0) is 26.3 Å². The number of ether oxygens (including phenoxy) is 2. The summed E-state index contributed by atoms with van der Waals surface area (Å²) in [4.78, 5) is 11.3. The number of allylic oxidation sites excluding steroid dienone is 6. The first-order valence-corrected chi connectivity index (χ1v) is 9.03. The van der Waals surface area contributed by atoms with Gasteiger partial charge in [0.05, 0.1) is 23.8 Å². The molecule has 6 heteroatoms. The van der Waals surface area contributed by atoms with Crippen molar-refractivity contribution in [3.05, 3.63) is 68.2 Å². The van der Waals surface area contributed by atoms with E-state index in [9.17, 15) is 4.79 Å². The zero-order valence-electron chi connectivity index (χ0n) is 15.1. The Balaban J connectivity index is 2.89. The molecule has 0 aromatic heterocycles. The Hall–Kier alpha value is -1.68. The van der Waals surface area contributed by atoms with E-state index < -0.39 is 0 Å². The lowest BCUT2D eigenvalue weighted by atomic mass is 10.1. The number of esters is 1. The van der Waals surface area contributed by atoms with Gasteiger partial charge in [-0.25, -0.2) is 4.79 Å². The highest BCUT2D eigenvalue weighted by atomic mass is 35.5. The van der Waals surface area contributed by atoms with E-state index in [1.807, 2.05) is 38.2 Å². The maximum absolute atomic E-state index is 11.3. The predicted octanol–water partition coefficient (Wildman–Crippen LogP) is 6.68. The molecule has 1 aromatic carbocycles. The van der Waals surface area contributed by atoms with E-state index in [0.29, 0.717) is 33.0 Å². The second kappa shape index (κ2) is 11.1. The molecule has 0 aliphatic carbocycles. The second-order valence-corrected chi connectivity index (χ2v) is 6.51. The van der Waals surface area contributed by atoms with Gasteiger partial charge in [-0.3, -0.25) is 0 Å². The lowest BCUT2D eigenvalue weighted by Crippen LogP contribution is -1.99. The Morgan fingerprint density at radius 2 is 1.81 bits per heavy atom. The standard InChI is InChI=1S/C20H21Cl3O3/c1-5-26-18(24)11-14(3)8-6-7-13(2)9-10-15-16(21)12-17(25-4)20(23)19(15)22/h6-12H,5H2,1-4H3/b8-6-,10-9-,13-7-,14-11-. The molecule has 0 heterocycles. The second-order valence-electron chi connectivity index (χ2n) is 5.35. The molecular weight excluding hydrogens is 395 g/mol. The van der Waals surface area contributed by atoms with Crippen LogP contribution in [0.3, 0.4) is 0 Å². The molecule has 0 unspecified atom stereocenters. The number of benzene rings is 1. The first-order chi connectivity index (χ1) is 12.3. The van der Waals surface area contributed by atoms with E-state index in [2.05, 4.69) is 0 Å². The van der Waals surface area contributed by atoms with Gasteiger partial charge in [-0.2, -0.15) is 0 Å². The van der Waals surface area contributed by atoms with Crippen molar-refractivity contribution in [2.45, 2.75) is 20.8 Å². The zero-order chi connectivity index (χ0) is 19.7. The summed E-state index contributed by atoms with van der Waals surface area (Å²) in [6, 6.07) is 1.62. The minimum absolute atomic E-state index is 0.319. The van der Waals surface area contributed by atoms with E-state index >= 15 is 0 Å². The Morgan fingerprint density at radius 1 is 1.12 bits per heavy atom. The highest BCUT2D eigenvalue weighted by Crippen LogP contribution is 2.39. The van der Waals surface area contributed by atoms with Gasteiger partial charge in [-0.1, -0.05) is 70.8 Å². The molecule has 0 amide bonds. The predicted molar refractivity (Wildman–Crippen MR) is 110 cm³/mol. The molecule has 1 rings (SSSR count). The van der Waals surface area contributed by atoms with Crippen molar-refractivity contribution in [3.8, 4) is 5.75 Å². The van der Waals surface area contributed by atoms with Gasteiger partial charge >= 0.3 is 5.97 Å². The quantitative estimate of drug-likeness (QED) is 0.216. The van der Waals surface area contributed by atoms with Crippen LogP contribution in [-0.4, -0.2) is 19.7 Å². The number of methoxy groups -OCH3 is 1. The average Bonchev–Trinajstić information content (AvgIpc) is 2.58. The summed E-state index contributed by atoms with van der Waals surface area (Å²) in [5, 5.41) is 1.10. The molecule has 0 aliphatic rings. The number of rotatable bonds is 7. The Kier molecular flexibility index (Phi) is 9.57. The largest absolute Gasteiger partial charge is 0.495 e. The monoisotopic (exact) mass is 414 g/mol. The zero-order valence-corrected chi connectivity index (χ0v) is 17.4. The first-order valence-electron chi connectivity index (χ1n) is 7.89. The summed E-state index contributed by atoms with van der Waals surface area (Å²) in [5.41, 5.74) is 2.38. The van der Waals surface area contributed by atoms with E-state index in [0.717, 1.165) is 11.1 Å². The third-order valence-corrected chi connectivity index (χ3v) is 4.42. The lowest BCUT2D eigenvalue weighted by Gasteiger charge is -2.09. The minimum atomic E-state index is -0.351. The smallest absolute Gasteiger partial charge is 0.330 e. The van der Waals surface area contributed by atoms with Crippen molar-refractivity contribution in [1.29, 1.82) is 0 Å². The maximum atomic E-state index is 11.3. The summed E-state index contributed by atoms with van der Waals surface area (Å²) in [6.07, 6.45) is 10.7. The van der Waals surface area contributed by atoms with Gasteiger partial charge < -0.3 is 9.47 Å². The van der Waals surface area contributed by atoms with Crippen LogP contribution in [-0.2, 0) is 9.53 Å². The number of halogens is 3. The van der Waals surface area contributed by atoms with Crippen LogP contribution < -0.4 is 4.74 Å². The Morgan fingerprint density at radius 3 is 2.42 bits per heavy atom. The molecule has 0 spiro atoms. The Bertz CT molecular complexity index is 775. The van der Waals surface area contributed by atoms with Crippen LogP contribution in [0.2, 0.25) is 15.1 Å². The molecule has 26 heavy (non-hydrogen) atoms. The van der Waals surface area contributed by atoms with Crippen LogP contribution in [0.1, 0.15) is 26.3 Å². The van der Waals surface area contributed by atoms with E-state index in [-0.39, 0.29) is 5.97 Å². The fourth-order valence-electron chi connectivity index (χ4n) is 1.93. The molecule has 0 bridgehead atoms. The molecule has 3 nitrogen and oxygen atoms in total. The topological polar surface area (TPSA) is 35.5 Å². The van der Waals surface area contributed by atoms with Crippen molar-refractivity contribution in [3.63, 3.8) is 0 Å². The van der Waals surface area contributed by atoms with Gasteiger partial charge in [0.25, 0.3) is 0 Å². The summed E-state index contributed by atoms with van der Waals surface area (Å²) in [7, 11) is 1.50. The van der Waals surface area contributed by atoms with E-state index in [1.54, 1.807) is 19.1 Å². The number of hydrogen-bond donors (Lipinski definition) is 0. The van der Waals surface area contributed by atoms with Crippen molar-refractivity contribution >= 4 is 46.8 Å². The molecule has 0 fully saturated rings. The highest BCUT2D eigenvalue weighted by molar-refractivity contribution is 6.45. The van der Waals surface area contributed by atoms with Crippen molar-refractivity contribution in [2.24, 2.45) is 0 Å². The number of carbonyl (C=O) groups excluding carboxylic acids is 1. The van der Waals surface area contributed by atoms with Crippen molar-refractivity contribution in [2.75, 3.05) is 13.7 Å². The number of carbonyl (C=O) groups is 1. The van der Waals surface area contributed by atoms with Gasteiger partial charge in [0.1, 0.15) is 10.8 Å².